The van der Waals surface area contributed by atoms with E-state index >= 15 is 0 Å². The van der Waals surface area contributed by atoms with Gasteiger partial charge >= 0.3 is 0 Å². The SMILES string of the molecule is Cl.O=C(c1cccc(Cl)c1Cl)N1CC[C@@H]2CNC[C@@H]2CC1. The third kappa shape index (κ3) is 3.48. The van der Waals surface area contributed by atoms with Crippen molar-refractivity contribution in [3.8, 4) is 0 Å². The van der Waals surface area contributed by atoms with E-state index in [2.05, 4.69) is 5.32 Å². The highest BCUT2D eigenvalue weighted by Crippen LogP contribution is 2.30. The molecule has 1 aromatic rings. The van der Waals surface area contributed by atoms with Crippen molar-refractivity contribution in [1.29, 1.82) is 0 Å². The summed E-state index contributed by atoms with van der Waals surface area (Å²) in [4.78, 5) is 14.5. The van der Waals surface area contributed by atoms with Gasteiger partial charge in [0.25, 0.3) is 5.91 Å². The molecule has 2 heterocycles. The van der Waals surface area contributed by atoms with Crippen LogP contribution in [0.15, 0.2) is 18.2 Å². The highest BCUT2D eigenvalue weighted by atomic mass is 35.5. The summed E-state index contributed by atoms with van der Waals surface area (Å²) in [6, 6.07) is 5.24. The van der Waals surface area contributed by atoms with Gasteiger partial charge in [-0.1, -0.05) is 29.3 Å². The predicted octanol–water partition coefficient (Wildman–Crippen LogP) is 3.49. The van der Waals surface area contributed by atoms with Crippen LogP contribution in [0.5, 0.6) is 0 Å². The minimum atomic E-state index is 0. The van der Waals surface area contributed by atoms with E-state index in [4.69, 9.17) is 23.2 Å². The summed E-state index contributed by atoms with van der Waals surface area (Å²) in [5.41, 5.74) is 0.518. The second-order valence-corrected chi connectivity index (χ2v) is 6.43. The van der Waals surface area contributed by atoms with Crippen molar-refractivity contribution in [1.82, 2.24) is 10.2 Å². The summed E-state index contributed by atoms with van der Waals surface area (Å²) in [7, 11) is 0. The maximum atomic E-state index is 12.6. The van der Waals surface area contributed by atoms with Crippen LogP contribution in [-0.4, -0.2) is 37.0 Å². The van der Waals surface area contributed by atoms with E-state index in [-0.39, 0.29) is 18.3 Å². The molecule has 2 atom stereocenters. The molecule has 21 heavy (non-hydrogen) atoms. The van der Waals surface area contributed by atoms with Gasteiger partial charge in [0.05, 0.1) is 15.6 Å². The predicted molar refractivity (Wildman–Crippen MR) is 88.7 cm³/mol. The van der Waals surface area contributed by atoms with Crippen LogP contribution < -0.4 is 5.32 Å². The standard InChI is InChI=1S/C15H18Cl2N2O.ClH/c16-13-3-1-2-12(14(13)17)15(20)19-6-4-10-8-18-9-11(10)5-7-19;/h1-3,10-11,18H,4-9H2;1H/t10-,11+;. The molecule has 2 saturated heterocycles. The number of carbonyl (C=O) groups is 1. The van der Waals surface area contributed by atoms with Gasteiger partial charge in [-0.3, -0.25) is 4.79 Å². The van der Waals surface area contributed by atoms with Gasteiger partial charge in [0.2, 0.25) is 0 Å². The van der Waals surface area contributed by atoms with Crippen molar-refractivity contribution < 1.29 is 4.79 Å². The third-order valence-electron chi connectivity index (χ3n) is 4.49. The number of benzene rings is 1. The first-order valence-electron chi connectivity index (χ1n) is 7.11. The minimum Gasteiger partial charge on any atom is -0.339 e. The monoisotopic (exact) mass is 348 g/mol. The number of rotatable bonds is 1. The van der Waals surface area contributed by atoms with Gasteiger partial charge in [0.15, 0.2) is 0 Å². The lowest BCUT2D eigenvalue weighted by atomic mass is 9.92. The molecule has 3 rings (SSSR count). The Hall–Kier alpha value is -0.480. The molecule has 2 fully saturated rings. The highest BCUT2D eigenvalue weighted by molar-refractivity contribution is 6.43. The molecule has 0 spiro atoms. The summed E-state index contributed by atoms with van der Waals surface area (Å²) >= 11 is 12.2. The van der Waals surface area contributed by atoms with Crippen molar-refractivity contribution in [3.05, 3.63) is 33.8 Å². The van der Waals surface area contributed by atoms with Crippen LogP contribution >= 0.6 is 35.6 Å². The molecule has 6 heteroatoms. The fourth-order valence-electron chi connectivity index (χ4n) is 3.26. The molecular weight excluding hydrogens is 331 g/mol. The molecule has 2 aliphatic rings. The van der Waals surface area contributed by atoms with E-state index in [1.165, 1.54) is 0 Å². The lowest BCUT2D eigenvalue weighted by Gasteiger charge is -2.21. The molecule has 1 aromatic carbocycles. The molecule has 0 bridgehead atoms. The van der Waals surface area contributed by atoms with Gasteiger partial charge in [-0.15, -0.1) is 12.4 Å². The van der Waals surface area contributed by atoms with Crippen molar-refractivity contribution in [2.75, 3.05) is 26.2 Å². The van der Waals surface area contributed by atoms with Crippen LogP contribution in [0.25, 0.3) is 0 Å². The second-order valence-electron chi connectivity index (χ2n) is 5.65. The zero-order chi connectivity index (χ0) is 14.1. The fourth-order valence-corrected chi connectivity index (χ4v) is 3.64. The molecule has 1 N–H and O–H groups in total. The number of halogens is 3. The summed E-state index contributed by atoms with van der Waals surface area (Å²) in [6.45, 7) is 3.80. The van der Waals surface area contributed by atoms with E-state index in [1.807, 2.05) is 4.90 Å². The largest absolute Gasteiger partial charge is 0.339 e. The minimum absolute atomic E-state index is 0. The molecule has 0 aliphatic carbocycles. The zero-order valence-corrected chi connectivity index (χ0v) is 14.0. The molecule has 3 nitrogen and oxygen atoms in total. The van der Waals surface area contributed by atoms with Gasteiger partial charge in [0.1, 0.15) is 0 Å². The summed E-state index contributed by atoms with van der Waals surface area (Å²) in [5, 5.41) is 4.25. The van der Waals surface area contributed by atoms with Crippen LogP contribution in [0, 0.1) is 11.8 Å². The Labute approximate surface area is 141 Å². The summed E-state index contributed by atoms with van der Waals surface area (Å²) < 4.78 is 0. The van der Waals surface area contributed by atoms with Gasteiger partial charge < -0.3 is 10.2 Å². The van der Waals surface area contributed by atoms with Crippen molar-refractivity contribution >= 4 is 41.5 Å². The topological polar surface area (TPSA) is 32.3 Å². The number of likely N-dealkylation sites (tertiary alicyclic amines) is 1. The van der Waals surface area contributed by atoms with E-state index in [0.29, 0.717) is 27.4 Å². The smallest absolute Gasteiger partial charge is 0.255 e. The average molecular weight is 350 g/mol. The summed E-state index contributed by atoms with van der Waals surface area (Å²) in [6.07, 6.45) is 2.14. The molecule has 0 saturated carbocycles. The Morgan fingerprint density at radius 1 is 1.14 bits per heavy atom. The number of fused-ring (bicyclic) bond motifs is 1. The number of amides is 1. The molecular formula is C15H19Cl3N2O. The Bertz CT molecular complexity index is 510. The normalized spacial score (nSPS) is 25.0. The highest BCUT2D eigenvalue weighted by Gasteiger charge is 2.32. The first-order valence-corrected chi connectivity index (χ1v) is 7.86. The van der Waals surface area contributed by atoms with Crippen LogP contribution in [0.1, 0.15) is 23.2 Å². The Kier molecular flexibility index (Phi) is 5.78. The molecule has 0 aromatic heterocycles. The van der Waals surface area contributed by atoms with E-state index in [9.17, 15) is 4.79 Å². The molecule has 116 valence electrons. The van der Waals surface area contributed by atoms with Crippen molar-refractivity contribution in [2.45, 2.75) is 12.8 Å². The molecule has 0 radical (unpaired) electrons. The third-order valence-corrected chi connectivity index (χ3v) is 5.31. The van der Waals surface area contributed by atoms with Gasteiger partial charge in [-0.25, -0.2) is 0 Å². The van der Waals surface area contributed by atoms with Crippen LogP contribution in [0.4, 0.5) is 0 Å². The van der Waals surface area contributed by atoms with Crippen molar-refractivity contribution in [3.63, 3.8) is 0 Å². The van der Waals surface area contributed by atoms with Gasteiger partial charge in [-0.05, 0) is 49.9 Å². The fraction of sp³-hybridized carbons (Fsp3) is 0.533. The number of nitrogens with one attached hydrogen (secondary N) is 1. The van der Waals surface area contributed by atoms with Gasteiger partial charge in [-0.2, -0.15) is 0 Å². The number of carbonyl (C=O) groups excluding carboxylic acids is 1. The lowest BCUT2D eigenvalue weighted by molar-refractivity contribution is 0.0758. The molecule has 0 unspecified atom stereocenters. The molecule has 1 amide bonds. The first-order chi connectivity index (χ1) is 9.66. The first kappa shape index (κ1) is 16.9. The maximum absolute atomic E-state index is 12.6. The van der Waals surface area contributed by atoms with Crippen LogP contribution in [0.3, 0.4) is 0 Å². The lowest BCUT2D eigenvalue weighted by Crippen LogP contribution is -2.33. The average Bonchev–Trinajstić information content (AvgIpc) is 2.80. The van der Waals surface area contributed by atoms with Crippen molar-refractivity contribution in [2.24, 2.45) is 11.8 Å². The quantitative estimate of drug-likeness (QED) is 0.842. The maximum Gasteiger partial charge on any atom is 0.255 e. The summed E-state index contributed by atoms with van der Waals surface area (Å²) in [5.74, 6) is 1.43. The van der Waals surface area contributed by atoms with E-state index in [0.717, 1.165) is 39.0 Å². The van der Waals surface area contributed by atoms with Gasteiger partial charge in [0, 0.05) is 13.1 Å². The van der Waals surface area contributed by atoms with Crippen LogP contribution in [-0.2, 0) is 0 Å². The zero-order valence-electron chi connectivity index (χ0n) is 11.6. The number of hydrogen-bond donors (Lipinski definition) is 1. The molecule has 2 aliphatic heterocycles. The second kappa shape index (κ2) is 7.19. The Morgan fingerprint density at radius 3 is 2.38 bits per heavy atom. The van der Waals surface area contributed by atoms with Crippen LogP contribution in [0.2, 0.25) is 10.0 Å². The number of nitrogens with zero attached hydrogens (tertiary/aromatic N) is 1. The Morgan fingerprint density at radius 2 is 1.76 bits per heavy atom. The Balaban J connectivity index is 0.00000161. The van der Waals surface area contributed by atoms with E-state index < -0.39 is 0 Å². The number of hydrogen-bond acceptors (Lipinski definition) is 2. The van der Waals surface area contributed by atoms with E-state index in [1.54, 1.807) is 18.2 Å².